The van der Waals surface area contributed by atoms with E-state index in [9.17, 15) is 27.6 Å². The zero-order chi connectivity index (χ0) is 31.7. The summed E-state index contributed by atoms with van der Waals surface area (Å²) in [7, 11) is 0. The predicted octanol–water partition coefficient (Wildman–Crippen LogP) is 5.73. The number of hydrogen-bond donors (Lipinski definition) is 2. The second-order valence-corrected chi connectivity index (χ2v) is 12.6. The maximum absolute atomic E-state index is 14.6. The molecular weight excluding hydrogens is 561 g/mol. The number of aromatic nitrogens is 1. The number of alkyl halides is 3. The van der Waals surface area contributed by atoms with Crippen molar-refractivity contribution >= 4 is 34.8 Å². The molecule has 0 unspecified atom stereocenters. The van der Waals surface area contributed by atoms with Crippen molar-refractivity contribution < 1.29 is 32.3 Å². The molecule has 3 heterocycles. The minimum atomic E-state index is -4.58. The number of pyridine rings is 1. The van der Waals surface area contributed by atoms with Gasteiger partial charge >= 0.3 is 12.1 Å². The smallest absolute Gasteiger partial charge is 0.392 e. The van der Waals surface area contributed by atoms with Crippen LogP contribution in [0.15, 0.2) is 36.4 Å². The van der Waals surface area contributed by atoms with Gasteiger partial charge in [-0.3, -0.25) is 19.4 Å². The highest BCUT2D eigenvalue weighted by atomic mass is 19.4. The van der Waals surface area contributed by atoms with Gasteiger partial charge in [0.05, 0.1) is 17.1 Å². The normalized spacial score (nSPS) is 28.5. The number of carbonyl (C=O) groups excluding carboxylic acids is 3. The Kier molecular flexibility index (Phi) is 9.54. The van der Waals surface area contributed by atoms with Gasteiger partial charge in [-0.25, -0.2) is 10.4 Å². The molecule has 0 radical (unpaired) electrons. The SMILES string of the molecule is CC(C)[C@@H]1C[C@H](C(F)(F)F)C(C)(C)/C=C/c2ccc3ccc(nc3c2)[C@@H](C)OC(=O)[C@@H]2CCCN(N2)C(=O)[C@H](C)NC1=O. The van der Waals surface area contributed by atoms with Crippen molar-refractivity contribution in [2.24, 2.45) is 23.2 Å². The number of cyclic esters (lactones) is 1. The Morgan fingerprint density at radius 1 is 1.09 bits per heavy atom. The van der Waals surface area contributed by atoms with Gasteiger partial charge in [0, 0.05) is 17.8 Å². The van der Waals surface area contributed by atoms with E-state index in [1.165, 1.54) is 31.9 Å². The maximum atomic E-state index is 14.6. The quantitative estimate of drug-likeness (QED) is 0.405. The molecule has 2 aromatic rings. The molecule has 1 aromatic carbocycles. The van der Waals surface area contributed by atoms with Crippen LogP contribution in [-0.2, 0) is 19.1 Å². The molecule has 4 rings (SSSR count). The molecule has 5 atom stereocenters. The van der Waals surface area contributed by atoms with Gasteiger partial charge in [0.1, 0.15) is 18.2 Å². The fraction of sp³-hybridized carbons (Fsp3) is 0.562. The topological polar surface area (TPSA) is 101 Å². The summed E-state index contributed by atoms with van der Waals surface area (Å²) < 4.78 is 49.5. The summed E-state index contributed by atoms with van der Waals surface area (Å²) in [5.41, 5.74) is 3.35. The van der Waals surface area contributed by atoms with E-state index >= 15 is 0 Å². The molecule has 8 nitrogen and oxygen atoms in total. The second-order valence-electron chi connectivity index (χ2n) is 12.6. The van der Waals surface area contributed by atoms with Crippen molar-refractivity contribution in [2.75, 3.05) is 6.54 Å². The lowest BCUT2D eigenvalue weighted by Gasteiger charge is -2.37. The van der Waals surface area contributed by atoms with Crippen LogP contribution in [0.3, 0.4) is 0 Å². The zero-order valence-corrected chi connectivity index (χ0v) is 25.5. The van der Waals surface area contributed by atoms with Crippen LogP contribution in [0.1, 0.15) is 78.2 Å². The van der Waals surface area contributed by atoms with Crippen LogP contribution < -0.4 is 10.7 Å². The summed E-state index contributed by atoms with van der Waals surface area (Å²) >= 11 is 0. The number of ether oxygens (including phenoxy) is 1. The van der Waals surface area contributed by atoms with E-state index in [-0.39, 0.29) is 0 Å². The van der Waals surface area contributed by atoms with Crippen molar-refractivity contribution in [3.05, 3.63) is 47.7 Å². The van der Waals surface area contributed by atoms with Gasteiger partial charge in [-0.15, -0.1) is 0 Å². The highest BCUT2D eigenvalue weighted by Gasteiger charge is 2.49. The van der Waals surface area contributed by atoms with Gasteiger partial charge in [0.15, 0.2) is 0 Å². The third-order valence-electron chi connectivity index (χ3n) is 8.54. The lowest BCUT2D eigenvalue weighted by molar-refractivity contribution is -0.202. The largest absolute Gasteiger partial charge is 0.455 e. The average molecular weight is 603 g/mol. The number of hydrazine groups is 1. The first-order valence-electron chi connectivity index (χ1n) is 14.8. The highest BCUT2D eigenvalue weighted by Crippen LogP contribution is 2.46. The number of allylic oxidation sites excluding steroid dienone is 1. The van der Waals surface area contributed by atoms with Crippen molar-refractivity contribution in [3.63, 3.8) is 0 Å². The molecule has 2 amide bonds. The molecule has 0 spiro atoms. The van der Waals surface area contributed by atoms with Gasteiger partial charge in [0.2, 0.25) is 5.91 Å². The van der Waals surface area contributed by atoms with Gasteiger partial charge in [-0.05, 0) is 62.1 Å². The summed E-state index contributed by atoms with van der Waals surface area (Å²) in [6.07, 6.45) is -1.56. The number of amides is 2. The van der Waals surface area contributed by atoms with E-state index in [0.717, 1.165) is 5.39 Å². The summed E-state index contributed by atoms with van der Waals surface area (Å²) in [5, 5.41) is 4.75. The van der Waals surface area contributed by atoms with E-state index in [1.54, 1.807) is 45.0 Å². The molecule has 2 aliphatic heterocycles. The Hall–Kier alpha value is -3.47. The van der Waals surface area contributed by atoms with E-state index in [4.69, 9.17) is 4.74 Å². The lowest BCUT2D eigenvalue weighted by atomic mass is 9.71. The van der Waals surface area contributed by atoms with Crippen LogP contribution in [-0.4, -0.2) is 52.6 Å². The minimum Gasteiger partial charge on any atom is -0.455 e. The van der Waals surface area contributed by atoms with Crippen LogP contribution in [0.25, 0.3) is 17.0 Å². The molecule has 0 aliphatic carbocycles. The van der Waals surface area contributed by atoms with E-state index in [1.807, 2.05) is 12.1 Å². The first kappa shape index (κ1) is 32.4. The van der Waals surface area contributed by atoms with Crippen LogP contribution in [0, 0.1) is 23.2 Å². The van der Waals surface area contributed by atoms with Crippen molar-refractivity contribution in [2.45, 2.75) is 85.2 Å². The van der Waals surface area contributed by atoms with Crippen LogP contribution in [0.4, 0.5) is 13.2 Å². The summed E-state index contributed by atoms with van der Waals surface area (Å²) in [6, 6.07) is 7.23. The maximum Gasteiger partial charge on any atom is 0.392 e. The summed E-state index contributed by atoms with van der Waals surface area (Å²) in [5.74, 6) is -4.88. The number of carbonyl (C=O) groups is 3. The Labute approximate surface area is 250 Å². The van der Waals surface area contributed by atoms with Crippen LogP contribution in [0.2, 0.25) is 0 Å². The van der Waals surface area contributed by atoms with E-state index < -0.39 is 71.7 Å². The Morgan fingerprint density at radius 3 is 2.47 bits per heavy atom. The number of nitrogens with zero attached hydrogens (tertiary/aromatic N) is 2. The molecule has 1 fully saturated rings. The Bertz CT molecular complexity index is 1390. The second kappa shape index (κ2) is 12.6. The number of halogens is 3. The molecule has 2 N–H and O–H groups in total. The number of hydrogen-bond acceptors (Lipinski definition) is 6. The van der Waals surface area contributed by atoms with Crippen molar-refractivity contribution in [1.29, 1.82) is 0 Å². The predicted molar refractivity (Wildman–Crippen MR) is 157 cm³/mol. The van der Waals surface area contributed by atoms with Gasteiger partial charge in [-0.1, -0.05) is 58.0 Å². The third kappa shape index (κ3) is 7.55. The van der Waals surface area contributed by atoms with E-state index in [0.29, 0.717) is 36.2 Å². The van der Waals surface area contributed by atoms with Gasteiger partial charge in [-0.2, -0.15) is 13.2 Å². The molecule has 1 saturated heterocycles. The van der Waals surface area contributed by atoms with Gasteiger partial charge < -0.3 is 10.1 Å². The van der Waals surface area contributed by atoms with E-state index in [2.05, 4.69) is 15.7 Å². The summed E-state index contributed by atoms with van der Waals surface area (Å²) in [6.45, 7) is 9.94. The molecule has 2 aliphatic rings. The number of rotatable bonds is 1. The molecule has 234 valence electrons. The molecular formula is C32H41F3N4O4. The molecule has 5 bridgehead atoms. The monoisotopic (exact) mass is 602 g/mol. The standard InChI is InChI=1S/C32H41F3N4O4/c1-18(2)23-17-27(32(33,34)35)31(5,6)14-13-21-9-10-22-11-12-24(37-26(22)16-21)20(4)43-30(42)25-8-7-15-39(38-25)29(41)19(3)36-28(23)40/h9-14,16,18-20,23,25,27,38H,7-8,15,17H2,1-6H3,(H,36,40)/b14-13+/t19-,20+,23-,25-,27-/m0/s1. The Morgan fingerprint density at radius 2 is 1.79 bits per heavy atom. The third-order valence-corrected chi connectivity index (χ3v) is 8.54. The first-order chi connectivity index (χ1) is 20.1. The molecule has 43 heavy (non-hydrogen) atoms. The number of fused-ring (bicyclic) bond motifs is 4. The molecule has 11 heteroatoms. The number of esters is 1. The zero-order valence-electron chi connectivity index (χ0n) is 25.5. The summed E-state index contributed by atoms with van der Waals surface area (Å²) in [4.78, 5) is 44.4. The average Bonchev–Trinajstić information content (AvgIpc) is 2.93. The fourth-order valence-corrected chi connectivity index (χ4v) is 5.75. The Balaban J connectivity index is 1.76. The molecule has 0 saturated carbocycles. The van der Waals surface area contributed by atoms with Gasteiger partial charge in [0.25, 0.3) is 5.91 Å². The van der Waals surface area contributed by atoms with Crippen LogP contribution >= 0.6 is 0 Å². The highest BCUT2D eigenvalue weighted by molar-refractivity contribution is 5.88. The van der Waals surface area contributed by atoms with Crippen molar-refractivity contribution in [3.8, 4) is 0 Å². The lowest BCUT2D eigenvalue weighted by Crippen LogP contribution is -2.59. The first-order valence-corrected chi connectivity index (χ1v) is 14.8. The number of benzene rings is 1. The number of nitrogens with one attached hydrogen (secondary N) is 2. The van der Waals surface area contributed by atoms with Crippen LogP contribution in [0.5, 0.6) is 0 Å². The minimum absolute atomic E-state index is 0.303. The van der Waals surface area contributed by atoms with Crippen molar-refractivity contribution in [1.82, 2.24) is 20.7 Å². The fourth-order valence-electron chi connectivity index (χ4n) is 5.75. The molecule has 1 aromatic heterocycles.